The summed E-state index contributed by atoms with van der Waals surface area (Å²) in [7, 11) is 1.74. The van der Waals surface area contributed by atoms with Crippen LogP contribution in [0.15, 0.2) is 22.0 Å². The third kappa shape index (κ3) is 2.13. The SMILES string of the molecule is Cn1cnc2ncn(Cc3nc([C@@H]4[C@@H]5CN(C(=O)O)C[C@@H]54)no3)c(=O)c21. The largest absolute Gasteiger partial charge is 0.465 e. The average molecular weight is 357 g/mol. The van der Waals surface area contributed by atoms with E-state index in [1.54, 1.807) is 17.9 Å². The lowest BCUT2D eigenvalue weighted by Crippen LogP contribution is -2.29. The molecule has 5 rings (SSSR count). The summed E-state index contributed by atoms with van der Waals surface area (Å²) in [5.41, 5.74) is 0.585. The van der Waals surface area contributed by atoms with E-state index < -0.39 is 6.09 Å². The third-order valence-electron chi connectivity index (χ3n) is 5.25. The zero-order valence-electron chi connectivity index (χ0n) is 13.8. The van der Waals surface area contributed by atoms with Crippen molar-refractivity contribution in [3.8, 4) is 0 Å². The standard InChI is InChI=1S/C15H15N7O4/c1-20-5-16-13-11(20)14(23)22(6-17-13)4-9-18-12(19-26-9)10-7-2-21(15(24)25)3-8(7)10/h5-8,10H,2-4H2,1H3,(H,24,25)/t7-,8+,10-. The van der Waals surface area contributed by atoms with Crippen LogP contribution in [-0.2, 0) is 13.6 Å². The first-order valence-corrected chi connectivity index (χ1v) is 8.19. The Kier molecular flexibility index (Phi) is 2.97. The smallest absolute Gasteiger partial charge is 0.407 e. The van der Waals surface area contributed by atoms with Gasteiger partial charge in [0.1, 0.15) is 12.9 Å². The van der Waals surface area contributed by atoms with E-state index in [1.165, 1.54) is 15.8 Å². The molecule has 11 heteroatoms. The Balaban J connectivity index is 1.35. The average Bonchev–Trinajstić information content (AvgIpc) is 3.05. The van der Waals surface area contributed by atoms with Crippen molar-refractivity contribution < 1.29 is 14.4 Å². The van der Waals surface area contributed by atoms with Crippen LogP contribution in [0, 0.1) is 11.8 Å². The Labute approximate surface area is 145 Å². The molecule has 1 aliphatic heterocycles. The number of imidazole rings is 1. The molecule has 2 aliphatic rings. The van der Waals surface area contributed by atoms with Crippen LogP contribution in [0.25, 0.3) is 11.2 Å². The van der Waals surface area contributed by atoms with Crippen molar-refractivity contribution in [3.63, 3.8) is 0 Å². The molecule has 2 fully saturated rings. The van der Waals surface area contributed by atoms with Gasteiger partial charge in [-0.25, -0.2) is 14.8 Å². The number of piperidine rings is 1. The summed E-state index contributed by atoms with van der Waals surface area (Å²) in [4.78, 5) is 37.6. The van der Waals surface area contributed by atoms with Crippen molar-refractivity contribution in [2.75, 3.05) is 13.1 Å². The minimum atomic E-state index is -0.887. The highest BCUT2D eigenvalue weighted by molar-refractivity contribution is 5.68. The second-order valence-corrected chi connectivity index (χ2v) is 6.79. The lowest BCUT2D eigenvalue weighted by Gasteiger charge is -2.14. The Morgan fingerprint density at radius 2 is 2.04 bits per heavy atom. The van der Waals surface area contributed by atoms with E-state index in [0.29, 0.717) is 36.0 Å². The molecule has 11 nitrogen and oxygen atoms in total. The Hall–Kier alpha value is -3.24. The first kappa shape index (κ1) is 15.0. The molecule has 1 saturated carbocycles. The van der Waals surface area contributed by atoms with Gasteiger partial charge in [-0.1, -0.05) is 5.16 Å². The molecular formula is C15H15N7O4. The summed E-state index contributed by atoms with van der Waals surface area (Å²) >= 11 is 0. The summed E-state index contributed by atoms with van der Waals surface area (Å²) in [5, 5.41) is 13.0. The van der Waals surface area contributed by atoms with E-state index in [9.17, 15) is 9.59 Å². The first-order chi connectivity index (χ1) is 12.5. The number of carboxylic acid groups (broad SMARTS) is 1. The van der Waals surface area contributed by atoms with Gasteiger partial charge in [-0.2, -0.15) is 4.98 Å². The molecule has 3 atom stereocenters. The van der Waals surface area contributed by atoms with Gasteiger partial charge >= 0.3 is 6.09 Å². The molecule has 0 aromatic carbocycles. The van der Waals surface area contributed by atoms with Crippen LogP contribution in [0.1, 0.15) is 17.6 Å². The Morgan fingerprint density at radius 3 is 2.77 bits per heavy atom. The van der Waals surface area contributed by atoms with Gasteiger partial charge < -0.3 is 19.1 Å². The molecule has 134 valence electrons. The van der Waals surface area contributed by atoms with Gasteiger partial charge in [-0.15, -0.1) is 0 Å². The zero-order valence-corrected chi connectivity index (χ0v) is 13.8. The minimum Gasteiger partial charge on any atom is -0.465 e. The molecule has 0 unspecified atom stereocenters. The van der Waals surface area contributed by atoms with Gasteiger partial charge in [-0.05, 0) is 11.8 Å². The van der Waals surface area contributed by atoms with Gasteiger partial charge in [0.2, 0.25) is 5.89 Å². The molecule has 1 saturated heterocycles. The van der Waals surface area contributed by atoms with Crippen molar-refractivity contribution >= 4 is 17.3 Å². The summed E-state index contributed by atoms with van der Waals surface area (Å²) in [6.45, 7) is 1.15. The maximum Gasteiger partial charge on any atom is 0.407 e. The lowest BCUT2D eigenvalue weighted by molar-refractivity contribution is 0.149. The fraction of sp³-hybridized carbons (Fsp3) is 0.467. The highest BCUT2D eigenvalue weighted by atomic mass is 16.5. The number of hydrogen-bond donors (Lipinski definition) is 1. The molecule has 3 aromatic heterocycles. The molecule has 26 heavy (non-hydrogen) atoms. The van der Waals surface area contributed by atoms with E-state index in [-0.39, 0.29) is 29.9 Å². The number of hydrogen-bond acceptors (Lipinski definition) is 7. The van der Waals surface area contributed by atoms with Crippen LogP contribution in [0.4, 0.5) is 4.79 Å². The molecule has 0 radical (unpaired) electrons. The van der Waals surface area contributed by atoms with Gasteiger partial charge in [0.25, 0.3) is 5.56 Å². The lowest BCUT2D eigenvalue weighted by atomic mass is 10.2. The molecule has 1 amide bonds. The van der Waals surface area contributed by atoms with Crippen molar-refractivity contribution in [2.24, 2.45) is 18.9 Å². The third-order valence-corrected chi connectivity index (χ3v) is 5.25. The normalized spacial score (nSPS) is 24.2. The number of aryl methyl sites for hydroxylation is 1. The summed E-state index contributed by atoms with van der Waals surface area (Å²) in [5.74, 6) is 1.56. The number of amides is 1. The predicted octanol–water partition coefficient (Wildman–Crippen LogP) is -0.116. The van der Waals surface area contributed by atoms with E-state index in [4.69, 9.17) is 9.63 Å². The maximum atomic E-state index is 12.5. The van der Waals surface area contributed by atoms with Crippen molar-refractivity contribution in [1.29, 1.82) is 0 Å². The topological polar surface area (TPSA) is 132 Å². The van der Waals surface area contributed by atoms with Crippen LogP contribution < -0.4 is 5.56 Å². The summed E-state index contributed by atoms with van der Waals surface area (Å²) in [6.07, 6.45) is 2.07. The fourth-order valence-electron chi connectivity index (χ4n) is 3.86. The van der Waals surface area contributed by atoms with Crippen LogP contribution in [0.2, 0.25) is 0 Å². The predicted molar refractivity (Wildman–Crippen MR) is 85.5 cm³/mol. The van der Waals surface area contributed by atoms with Gasteiger partial charge in [-0.3, -0.25) is 9.36 Å². The van der Waals surface area contributed by atoms with Crippen LogP contribution in [-0.4, -0.2) is 58.4 Å². The molecule has 0 bridgehead atoms. The van der Waals surface area contributed by atoms with Crippen LogP contribution in [0.5, 0.6) is 0 Å². The van der Waals surface area contributed by atoms with E-state index in [2.05, 4.69) is 20.1 Å². The quantitative estimate of drug-likeness (QED) is 0.686. The van der Waals surface area contributed by atoms with E-state index in [1.807, 2.05) is 0 Å². The second-order valence-electron chi connectivity index (χ2n) is 6.79. The van der Waals surface area contributed by atoms with Crippen molar-refractivity contribution in [2.45, 2.75) is 12.5 Å². The molecule has 4 heterocycles. The van der Waals surface area contributed by atoms with Gasteiger partial charge in [0.05, 0.1) is 6.33 Å². The second kappa shape index (κ2) is 5.13. The molecule has 1 N–H and O–H groups in total. The zero-order chi connectivity index (χ0) is 18.0. The van der Waals surface area contributed by atoms with E-state index >= 15 is 0 Å². The highest BCUT2D eigenvalue weighted by Crippen LogP contribution is 2.57. The van der Waals surface area contributed by atoms with Crippen molar-refractivity contribution in [1.82, 2.24) is 34.1 Å². The minimum absolute atomic E-state index is 0.128. The fourth-order valence-corrected chi connectivity index (χ4v) is 3.86. The van der Waals surface area contributed by atoms with Gasteiger partial charge in [0.15, 0.2) is 17.0 Å². The van der Waals surface area contributed by atoms with Crippen molar-refractivity contribution in [3.05, 3.63) is 34.7 Å². The maximum absolute atomic E-state index is 12.5. The van der Waals surface area contributed by atoms with Crippen LogP contribution >= 0.6 is 0 Å². The number of fused-ring (bicyclic) bond motifs is 2. The number of rotatable bonds is 3. The first-order valence-electron chi connectivity index (χ1n) is 8.19. The summed E-state index contributed by atoms with van der Waals surface area (Å²) in [6, 6.07) is 0. The number of nitrogens with zero attached hydrogens (tertiary/aromatic N) is 7. The Bertz CT molecular complexity index is 1070. The molecule has 0 spiro atoms. The Morgan fingerprint density at radius 1 is 1.31 bits per heavy atom. The number of carbonyl (C=O) groups is 1. The van der Waals surface area contributed by atoms with Crippen LogP contribution in [0.3, 0.4) is 0 Å². The molecular weight excluding hydrogens is 342 g/mol. The molecule has 1 aliphatic carbocycles. The van der Waals surface area contributed by atoms with E-state index in [0.717, 1.165) is 0 Å². The summed E-state index contributed by atoms with van der Waals surface area (Å²) < 4.78 is 8.32. The molecule has 3 aromatic rings. The number of aromatic nitrogens is 6. The number of likely N-dealkylation sites (tertiary alicyclic amines) is 1. The van der Waals surface area contributed by atoms with Gasteiger partial charge in [0, 0.05) is 26.1 Å². The highest BCUT2D eigenvalue weighted by Gasteiger charge is 2.59. The monoisotopic (exact) mass is 357 g/mol.